The van der Waals surface area contributed by atoms with Crippen molar-refractivity contribution in [3.05, 3.63) is 0 Å². The van der Waals surface area contributed by atoms with Crippen LogP contribution in [0, 0.1) is 17.3 Å². The Balaban J connectivity index is 0.000000171. The maximum Gasteiger partial charge on any atom is 0.0540 e. The van der Waals surface area contributed by atoms with Crippen molar-refractivity contribution >= 4 is 0 Å². The third-order valence-corrected chi connectivity index (χ3v) is 4.41. The van der Waals surface area contributed by atoms with Crippen LogP contribution >= 0.6 is 0 Å². The minimum Gasteiger partial charge on any atom is -0.393 e. The van der Waals surface area contributed by atoms with Crippen LogP contribution in [-0.2, 0) is 0 Å². The summed E-state index contributed by atoms with van der Waals surface area (Å²) in [6.45, 7) is 9.29. The molecule has 1 heteroatoms. The maximum absolute atomic E-state index is 9.03. The largest absolute Gasteiger partial charge is 0.393 e. The molecule has 0 atom stereocenters. The fourth-order valence-electron chi connectivity index (χ4n) is 2.34. The molecular formula is C16H32O. The predicted octanol–water partition coefficient (Wildman–Crippen LogP) is 4.78. The molecular weight excluding hydrogens is 208 g/mol. The molecule has 2 aliphatic carbocycles. The molecule has 17 heavy (non-hydrogen) atoms. The monoisotopic (exact) mass is 240 g/mol. The van der Waals surface area contributed by atoms with E-state index in [1.54, 1.807) is 0 Å². The summed E-state index contributed by atoms with van der Waals surface area (Å²) in [6, 6.07) is 0. The van der Waals surface area contributed by atoms with Gasteiger partial charge in [-0.15, -0.1) is 0 Å². The molecule has 0 spiro atoms. The third-order valence-electron chi connectivity index (χ3n) is 4.41. The topological polar surface area (TPSA) is 20.2 Å². The van der Waals surface area contributed by atoms with Crippen LogP contribution in [0.5, 0.6) is 0 Å². The molecule has 0 aromatic rings. The first kappa shape index (κ1) is 15.0. The van der Waals surface area contributed by atoms with Crippen molar-refractivity contribution in [1.82, 2.24) is 0 Å². The first-order valence-electron chi connectivity index (χ1n) is 7.59. The molecule has 1 N–H and O–H groups in total. The average Bonchev–Trinajstić information content (AvgIpc) is 3.00. The number of aliphatic hydroxyl groups is 1. The Kier molecular flexibility index (Phi) is 5.99. The van der Waals surface area contributed by atoms with Gasteiger partial charge in [0.15, 0.2) is 0 Å². The summed E-state index contributed by atoms with van der Waals surface area (Å²) in [4.78, 5) is 0. The van der Waals surface area contributed by atoms with E-state index in [1.807, 2.05) is 0 Å². The predicted molar refractivity (Wildman–Crippen MR) is 75.1 cm³/mol. The SMILES string of the molecule is CC(C)CCC1(C)CC1.CC1CCC(O)CC1. The number of hydrogen-bond acceptors (Lipinski definition) is 1. The Morgan fingerprint density at radius 2 is 1.65 bits per heavy atom. The maximum atomic E-state index is 9.03. The Morgan fingerprint density at radius 1 is 1.12 bits per heavy atom. The van der Waals surface area contributed by atoms with Crippen molar-refractivity contribution in [2.75, 3.05) is 0 Å². The van der Waals surface area contributed by atoms with Crippen LogP contribution in [-0.4, -0.2) is 11.2 Å². The molecule has 0 amide bonds. The number of aliphatic hydroxyl groups excluding tert-OH is 1. The number of rotatable bonds is 3. The van der Waals surface area contributed by atoms with Crippen LogP contribution < -0.4 is 0 Å². The molecule has 2 rings (SSSR count). The van der Waals surface area contributed by atoms with Crippen molar-refractivity contribution in [2.45, 2.75) is 85.2 Å². The van der Waals surface area contributed by atoms with Gasteiger partial charge in [-0.05, 0) is 62.2 Å². The van der Waals surface area contributed by atoms with Crippen molar-refractivity contribution in [2.24, 2.45) is 17.3 Å². The Hall–Kier alpha value is -0.0400. The Labute approximate surface area is 108 Å². The zero-order valence-electron chi connectivity index (χ0n) is 12.3. The van der Waals surface area contributed by atoms with Gasteiger partial charge in [-0.25, -0.2) is 0 Å². The molecule has 2 fully saturated rings. The van der Waals surface area contributed by atoms with Crippen LogP contribution in [0.1, 0.15) is 79.1 Å². The quantitative estimate of drug-likeness (QED) is 0.752. The van der Waals surface area contributed by atoms with E-state index < -0.39 is 0 Å². The van der Waals surface area contributed by atoms with Crippen LogP contribution in [0.3, 0.4) is 0 Å². The smallest absolute Gasteiger partial charge is 0.0540 e. The van der Waals surface area contributed by atoms with E-state index >= 15 is 0 Å². The van der Waals surface area contributed by atoms with Crippen molar-refractivity contribution in [3.8, 4) is 0 Å². The van der Waals surface area contributed by atoms with Gasteiger partial charge in [-0.2, -0.15) is 0 Å². The van der Waals surface area contributed by atoms with E-state index in [9.17, 15) is 0 Å². The highest BCUT2D eigenvalue weighted by atomic mass is 16.3. The zero-order chi connectivity index (χ0) is 12.9. The van der Waals surface area contributed by atoms with E-state index in [4.69, 9.17) is 5.11 Å². The molecule has 2 aliphatic rings. The van der Waals surface area contributed by atoms with Gasteiger partial charge in [0.1, 0.15) is 0 Å². The second-order valence-electron chi connectivity index (χ2n) is 7.16. The molecule has 0 bridgehead atoms. The normalized spacial score (nSPS) is 30.7. The van der Waals surface area contributed by atoms with Crippen LogP contribution in [0.25, 0.3) is 0 Å². The van der Waals surface area contributed by atoms with Crippen LogP contribution in [0.2, 0.25) is 0 Å². The lowest BCUT2D eigenvalue weighted by Gasteiger charge is -2.21. The molecule has 0 aliphatic heterocycles. The molecule has 0 radical (unpaired) electrons. The summed E-state index contributed by atoms with van der Waals surface area (Å²) in [5.74, 6) is 1.76. The van der Waals surface area contributed by atoms with Gasteiger partial charge in [0.25, 0.3) is 0 Å². The fourth-order valence-corrected chi connectivity index (χ4v) is 2.34. The van der Waals surface area contributed by atoms with Gasteiger partial charge in [-0.1, -0.05) is 34.1 Å². The van der Waals surface area contributed by atoms with E-state index in [2.05, 4.69) is 27.7 Å². The third kappa shape index (κ3) is 7.08. The molecule has 1 nitrogen and oxygen atoms in total. The second kappa shape index (κ2) is 6.78. The first-order valence-corrected chi connectivity index (χ1v) is 7.59. The van der Waals surface area contributed by atoms with Gasteiger partial charge >= 0.3 is 0 Å². The molecule has 0 aromatic heterocycles. The van der Waals surface area contributed by atoms with E-state index in [0.717, 1.165) is 30.1 Å². The van der Waals surface area contributed by atoms with Gasteiger partial charge in [0, 0.05) is 0 Å². The fraction of sp³-hybridized carbons (Fsp3) is 1.00. The molecule has 0 heterocycles. The second-order valence-corrected chi connectivity index (χ2v) is 7.16. The highest BCUT2D eigenvalue weighted by molar-refractivity contribution is 4.88. The first-order chi connectivity index (χ1) is 7.91. The van der Waals surface area contributed by atoms with Gasteiger partial charge in [-0.3, -0.25) is 0 Å². The van der Waals surface area contributed by atoms with E-state index in [0.29, 0.717) is 0 Å². The molecule has 0 unspecified atom stereocenters. The van der Waals surface area contributed by atoms with Crippen LogP contribution in [0.15, 0.2) is 0 Å². The minimum absolute atomic E-state index is 0.0196. The Bertz CT molecular complexity index is 188. The Morgan fingerprint density at radius 3 is 2.00 bits per heavy atom. The zero-order valence-corrected chi connectivity index (χ0v) is 12.3. The summed E-state index contributed by atoms with van der Waals surface area (Å²) >= 11 is 0. The lowest BCUT2D eigenvalue weighted by molar-refractivity contribution is 0.112. The van der Waals surface area contributed by atoms with Gasteiger partial charge in [0.05, 0.1) is 6.10 Å². The summed E-state index contributed by atoms with van der Waals surface area (Å²) in [5.41, 5.74) is 0.782. The van der Waals surface area contributed by atoms with E-state index in [-0.39, 0.29) is 6.10 Å². The molecule has 0 saturated heterocycles. The van der Waals surface area contributed by atoms with Crippen molar-refractivity contribution < 1.29 is 5.11 Å². The summed E-state index contributed by atoms with van der Waals surface area (Å²) in [7, 11) is 0. The highest BCUT2D eigenvalue weighted by Gasteiger charge is 2.36. The lowest BCUT2D eigenvalue weighted by Crippen LogP contribution is -2.15. The highest BCUT2D eigenvalue weighted by Crippen LogP contribution is 2.49. The minimum atomic E-state index is 0.0196. The van der Waals surface area contributed by atoms with E-state index in [1.165, 1.54) is 38.5 Å². The molecule has 102 valence electrons. The van der Waals surface area contributed by atoms with Gasteiger partial charge in [0.2, 0.25) is 0 Å². The van der Waals surface area contributed by atoms with Crippen molar-refractivity contribution in [3.63, 3.8) is 0 Å². The summed E-state index contributed by atoms with van der Waals surface area (Å²) in [5, 5.41) is 9.03. The summed E-state index contributed by atoms with van der Waals surface area (Å²) < 4.78 is 0. The van der Waals surface area contributed by atoms with Crippen LogP contribution in [0.4, 0.5) is 0 Å². The number of hydrogen-bond donors (Lipinski definition) is 1. The standard InChI is InChI=1S/C9H18.C7H14O/c1-8(2)4-5-9(3)6-7-9;1-6-2-4-7(8)5-3-6/h8H,4-7H2,1-3H3;6-8H,2-5H2,1H3. The lowest BCUT2D eigenvalue weighted by atomic mass is 9.89. The summed E-state index contributed by atoms with van der Waals surface area (Å²) in [6.07, 6.45) is 10.4. The molecule has 2 saturated carbocycles. The van der Waals surface area contributed by atoms with Gasteiger partial charge < -0.3 is 5.11 Å². The van der Waals surface area contributed by atoms with Crippen molar-refractivity contribution in [1.29, 1.82) is 0 Å². The average molecular weight is 240 g/mol. The molecule has 0 aromatic carbocycles.